The highest BCUT2D eigenvalue weighted by Crippen LogP contribution is 2.20. The summed E-state index contributed by atoms with van der Waals surface area (Å²) in [5, 5.41) is 12.8. The number of benzene rings is 1. The zero-order valence-electron chi connectivity index (χ0n) is 12.0. The molecule has 5 nitrogen and oxygen atoms in total. The molecule has 0 aliphatic rings. The molecular weight excluding hydrogens is 268 g/mol. The second-order valence-corrected chi connectivity index (χ2v) is 4.70. The van der Waals surface area contributed by atoms with Crippen molar-refractivity contribution in [3.8, 4) is 5.75 Å². The lowest BCUT2D eigenvalue weighted by Crippen LogP contribution is -2.31. The number of hydrogen-bond donors (Lipinski definition) is 2. The quantitative estimate of drug-likeness (QED) is 0.882. The number of aliphatic hydroxyl groups excluding tert-OH is 1. The maximum absolute atomic E-state index is 12.1. The summed E-state index contributed by atoms with van der Waals surface area (Å²) in [5.41, 5.74) is 1.37. The van der Waals surface area contributed by atoms with Gasteiger partial charge in [0.05, 0.1) is 13.2 Å². The lowest BCUT2D eigenvalue weighted by atomic mass is 10.1. The van der Waals surface area contributed by atoms with Crippen molar-refractivity contribution in [1.29, 1.82) is 0 Å². The SMILES string of the molecule is COc1cccc([C@H](C)NC(=O)C(O)c2cccnc2)c1. The summed E-state index contributed by atoms with van der Waals surface area (Å²) in [7, 11) is 1.59. The van der Waals surface area contributed by atoms with Gasteiger partial charge in [-0.25, -0.2) is 0 Å². The van der Waals surface area contributed by atoms with Gasteiger partial charge in [-0.2, -0.15) is 0 Å². The normalized spacial score (nSPS) is 13.3. The topological polar surface area (TPSA) is 71.5 Å². The molecule has 0 aliphatic heterocycles. The number of amides is 1. The Bertz CT molecular complexity index is 601. The van der Waals surface area contributed by atoms with Crippen molar-refractivity contribution >= 4 is 5.91 Å². The van der Waals surface area contributed by atoms with E-state index in [1.54, 1.807) is 25.4 Å². The van der Waals surface area contributed by atoms with Gasteiger partial charge >= 0.3 is 0 Å². The predicted octanol–water partition coefficient (Wildman–Crippen LogP) is 2.00. The van der Waals surface area contributed by atoms with Crippen LogP contribution in [0, 0.1) is 0 Å². The summed E-state index contributed by atoms with van der Waals surface area (Å²) >= 11 is 0. The first-order valence-corrected chi connectivity index (χ1v) is 6.64. The van der Waals surface area contributed by atoms with E-state index in [1.807, 2.05) is 31.2 Å². The van der Waals surface area contributed by atoms with Crippen LogP contribution in [0.3, 0.4) is 0 Å². The monoisotopic (exact) mass is 286 g/mol. The summed E-state index contributed by atoms with van der Waals surface area (Å²) in [6.07, 6.45) is 1.83. The molecule has 2 aromatic rings. The summed E-state index contributed by atoms with van der Waals surface area (Å²) in [5.74, 6) is 0.264. The molecule has 1 aromatic heterocycles. The van der Waals surface area contributed by atoms with Crippen molar-refractivity contribution in [2.75, 3.05) is 7.11 Å². The van der Waals surface area contributed by atoms with Crippen molar-refractivity contribution in [3.05, 3.63) is 59.9 Å². The number of hydrogen-bond acceptors (Lipinski definition) is 4. The van der Waals surface area contributed by atoms with Gasteiger partial charge in [0.2, 0.25) is 0 Å². The molecule has 0 bridgehead atoms. The average Bonchev–Trinajstić information content (AvgIpc) is 2.54. The van der Waals surface area contributed by atoms with Gasteiger partial charge in [-0.3, -0.25) is 9.78 Å². The molecule has 21 heavy (non-hydrogen) atoms. The maximum atomic E-state index is 12.1. The van der Waals surface area contributed by atoms with E-state index in [0.717, 1.165) is 11.3 Å². The first kappa shape index (κ1) is 15.0. The zero-order valence-corrected chi connectivity index (χ0v) is 12.0. The van der Waals surface area contributed by atoms with E-state index >= 15 is 0 Å². The van der Waals surface area contributed by atoms with Gasteiger partial charge in [0.1, 0.15) is 5.75 Å². The van der Waals surface area contributed by atoms with Crippen molar-refractivity contribution in [2.24, 2.45) is 0 Å². The van der Waals surface area contributed by atoms with E-state index in [2.05, 4.69) is 10.3 Å². The molecule has 2 rings (SSSR count). The van der Waals surface area contributed by atoms with Gasteiger partial charge in [-0.1, -0.05) is 18.2 Å². The third-order valence-corrected chi connectivity index (χ3v) is 3.20. The Morgan fingerprint density at radius 3 is 2.71 bits per heavy atom. The van der Waals surface area contributed by atoms with Crippen LogP contribution >= 0.6 is 0 Å². The van der Waals surface area contributed by atoms with Crippen LogP contribution in [0.25, 0.3) is 0 Å². The molecule has 0 radical (unpaired) electrons. The Kier molecular flexibility index (Phi) is 4.90. The van der Waals surface area contributed by atoms with Gasteiger partial charge in [-0.15, -0.1) is 0 Å². The lowest BCUT2D eigenvalue weighted by Gasteiger charge is -2.18. The molecule has 0 spiro atoms. The Morgan fingerprint density at radius 1 is 1.29 bits per heavy atom. The van der Waals surface area contributed by atoms with Crippen LogP contribution in [0.15, 0.2) is 48.8 Å². The van der Waals surface area contributed by atoms with Crippen molar-refractivity contribution < 1.29 is 14.6 Å². The molecule has 1 aromatic carbocycles. The van der Waals surface area contributed by atoms with Crippen LogP contribution in [-0.2, 0) is 4.79 Å². The Balaban J connectivity index is 2.04. The van der Waals surface area contributed by atoms with Gasteiger partial charge < -0.3 is 15.2 Å². The third-order valence-electron chi connectivity index (χ3n) is 3.20. The fraction of sp³-hybridized carbons (Fsp3) is 0.250. The number of carbonyl (C=O) groups excluding carboxylic acids is 1. The number of pyridine rings is 1. The number of nitrogens with zero attached hydrogens (tertiary/aromatic N) is 1. The number of ether oxygens (including phenoxy) is 1. The minimum Gasteiger partial charge on any atom is -0.497 e. The van der Waals surface area contributed by atoms with Crippen molar-refractivity contribution in [2.45, 2.75) is 19.1 Å². The second-order valence-electron chi connectivity index (χ2n) is 4.70. The van der Waals surface area contributed by atoms with Crippen LogP contribution in [0.4, 0.5) is 0 Å². The van der Waals surface area contributed by atoms with E-state index in [1.165, 1.54) is 6.20 Å². The molecule has 2 N–H and O–H groups in total. The van der Waals surface area contributed by atoms with Crippen LogP contribution < -0.4 is 10.1 Å². The van der Waals surface area contributed by atoms with Crippen LogP contribution in [0.1, 0.15) is 30.2 Å². The summed E-state index contributed by atoms with van der Waals surface area (Å²) in [6, 6.07) is 10.5. The summed E-state index contributed by atoms with van der Waals surface area (Å²) < 4.78 is 5.16. The van der Waals surface area contributed by atoms with E-state index in [4.69, 9.17) is 4.74 Å². The van der Waals surface area contributed by atoms with E-state index in [-0.39, 0.29) is 6.04 Å². The molecule has 0 aliphatic carbocycles. The Hall–Kier alpha value is -2.40. The first-order valence-electron chi connectivity index (χ1n) is 6.64. The molecular formula is C16H18N2O3. The minimum absolute atomic E-state index is 0.237. The Morgan fingerprint density at radius 2 is 2.05 bits per heavy atom. The van der Waals surface area contributed by atoms with Crippen LogP contribution in [0.5, 0.6) is 5.75 Å². The average molecular weight is 286 g/mol. The van der Waals surface area contributed by atoms with Gasteiger partial charge in [-0.05, 0) is 30.7 Å². The van der Waals surface area contributed by atoms with Gasteiger partial charge in [0, 0.05) is 18.0 Å². The standard InChI is InChI=1S/C16H18N2O3/c1-11(12-5-3-7-14(9-12)21-2)18-16(20)15(19)13-6-4-8-17-10-13/h3-11,15,19H,1-2H3,(H,18,20)/t11-,15?/m0/s1. The minimum atomic E-state index is -1.23. The highest BCUT2D eigenvalue weighted by molar-refractivity contribution is 5.82. The summed E-state index contributed by atoms with van der Waals surface area (Å²) in [6.45, 7) is 1.85. The van der Waals surface area contributed by atoms with E-state index in [9.17, 15) is 9.90 Å². The second kappa shape index (κ2) is 6.85. The highest BCUT2D eigenvalue weighted by Gasteiger charge is 2.19. The number of carbonyl (C=O) groups is 1. The van der Waals surface area contributed by atoms with E-state index < -0.39 is 12.0 Å². The van der Waals surface area contributed by atoms with E-state index in [0.29, 0.717) is 5.56 Å². The number of nitrogens with one attached hydrogen (secondary N) is 1. The zero-order chi connectivity index (χ0) is 15.2. The molecule has 2 atom stereocenters. The number of aromatic nitrogens is 1. The van der Waals surface area contributed by atoms with Crippen molar-refractivity contribution in [1.82, 2.24) is 10.3 Å². The lowest BCUT2D eigenvalue weighted by molar-refractivity contribution is -0.130. The summed E-state index contributed by atoms with van der Waals surface area (Å²) in [4.78, 5) is 16.0. The first-order chi connectivity index (χ1) is 10.1. The number of rotatable bonds is 5. The molecule has 1 amide bonds. The maximum Gasteiger partial charge on any atom is 0.254 e. The van der Waals surface area contributed by atoms with Gasteiger partial charge in [0.25, 0.3) is 5.91 Å². The molecule has 110 valence electrons. The molecule has 0 fully saturated rings. The van der Waals surface area contributed by atoms with Gasteiger partial charge in [0.15, 0.2) is 6.10 Å². The smallest absolute Gasteiger partial charge is 0.254 e. The number of aliphatic hydroxyl groups is 1. The Labute approximate surface area is 123 Å². The molecule has 5 heteroatoms. The highest BCUT2D eigenvalue weighted by atomic mass is 16.5. The largest absolute Gasteiger partial charge is 0.497 e. The van der Waals surface area contributed by atoms with Crippen LogP contribution in [0.2, 0.25) is 0 Å². The van der Waals surface area contributed by atoms with Crippen molar-refractivity contribution in [3.63, 3.8) is 0 Å². The van der Waals surface area contributed by atoms with Crippen LogP contribution in [-0.4, -0.2) is 23.1 Å². The fourth-order valence-corrected chi connectivity index (χ4v) is 1.98. The molecule has 1 unspecified atom stereocenters. The number of methoxy groups -OCH3 is 1. The molecule has 0 saturated carbocycles. The predicted molar refractivity (Wildman–Crippen MR) is 78.7 cm³/mol. The molecule has 0 saturated heterocycles. The fourth-order valence-electron chi connectivity index (χ4n) is 1.98. The molecule has 1 heterocycles. The third kappa shape index (κ3) is 3.79.